The predicted molar refractivity (Wildman–Crippen MR) is 59.5 cm³/mol. The van der Waals surface area contributed by atoms with Crippen molar-refractivity contribution in [2.45, 2.75) is 12.3 Å². The first-order valence-electron chi connectivity index (χ1n) is 4.87. The Bertz CT molecular complexity index is 518. The molecular weight excluding hydrogens is 206 g/mol. The van der Waals surface area contributed by atoms with E-state index in [4.69, 9.17) is 0 Å². The maximum Gasteiger partial charge on any atom is 0.161 e. The van der Waals surface area contributed by atoms with Crippen molar-refractivity contribution in [1.82, 2.24) is 4.98 Å². The van der Waals surface area contributed by atoms with Crippen LogP contribution in [0.4, 0.5) is 0 Å². The highest BCUT2D eigenvalue weighted by Crippen LogP contribution is 2.40. The maximum atomic E-state index is 10.6. The van der Waals surface area contributed by atoms with Gasteiger partial charge in [-0.2, -0.15) is 0 Å². The van der Waals surface area contributed by atoms with Gasteiger partial charge in [-0.3, -0.25) is 4.79 Å². The monoisotopic (exact) mass is 215 g/mol. The van der Waals surface area contributed by atoms with Crippen LogP contribution in [0.15, 0.2) is 30.5 Å². The highest BCUT2D eigenvalue weighted by atomic mass is 32.1. The molecule has 1 aromatic carbocycles. The average Bonchev–Trinajstić information content (AvgIpc) is 2.68. The standard InChI is InChI=1S/C12H9NOS/c14-7-9-6-13-12(15-9)11-5-8-3-1-2-4-10(8)11/h1-4,6-7,11H,5H2. The second kappa shape index (κ2) is 3.28. The van der Waals surface area contributed by atoms with Gasteiger partial charge in [0.25, 0.3) is 0 Å². The summed E-state index contributed by atoms with van der Waals surface area (Å²) in [7, 11) is 0. The first-order valence-corrected chi connectivity index (χ1v) is 5.69. The van der Waals surface area contributed by atoms with Crippen LogP contribution in [0.1, 0.15) is 31.7 Å². The Kier molecular flexibility index (Phi) is 1.92. The Labute approximate surface area is 91.6 Å². The summed E-state index contributed by atoms with van der Waals surface area (Å²) < 4.78 is 0. The van der Waals surface area contributed by atoms with E-state index in [0.717, 1.165) is 22.6 Å². The molecule has 3 rings (SSSR count). The molecule has 2 aromatic rings. The van der Waals surface area contributed by atoms with E-state index in [0.29, 0.717) is 5.92 Å². The normalized spacial score (nSPS) is 18.0. The van der Waals surface area contributed by atoms with Gasteiger partial charge < -0.3 is 0 Å². The molecule has 0 saturated heterocycles. The fraction of sp³-hybridized carbons (Fsp3) is 0.167. The molecule has 74 valence electrons. The Morgan fingerprint density at radius 2 is 2.27 bits per heavy atom. The third-order valence-corrected chi connectivity index (χ3v) is 3.85. The van der Waals surface area contributed by atoms with Crippen molar-refractivity contribution in [1.29, 1.82) is 0 Å². The van der Waals surface area contributed by atoms with Crippen molar-refractivity contribution in [2.75, 3.05) is 0 Å². The van der Waals surface area contributed by atoms with Crippen LogP contribution in [-0.2, 0) is 6.42 Å². The summed E-state index contributed by atoms with van der Waals surface area (Å²) >= 11 is 1.50. The molecule has 0 fully saturated rings. The van der Waals surface area contributed by atoms with Crippen molar-refractivity contribution in [3.05, 3.63) is 51.5 Å². The summed E-state index contributed by atoms with van der Waals surface area (Å²) in [6.07, 6.45) is 3.58. The van der Waals surface area contributed by atoms with Crippen molar-refractivity contribution < 1.29 is 4.79 Å². The number of carbonyl (C=O) groups is 1. The van der Waals surface area contributed by atoms with Gasteiger partial charge in [0.05, 0.1) is 4.88 Å². The highest BCUT2D eigenvalue weighted by molar-refractivity contribution is 7.13. The number of aromatic nitrogens is 1. The van der Waals surface area contributed by atoms with Gasteiger partial charge in [0, 0.05) is 12.1 Å². The molecule has 0 aliphatic heterocycles. The van der Waals surface area contributed by atoms with Crippen molar-refractivity contribution in [3.63, 3.8) is 0 Å². The minimum atomic E-state index is 0.417. The number of hydrogen-bond donors (Lipinski definition) is 0. The Balaban J connectivity index is 1.96. The van der Waals surface area contributed by atoms with Crippen molar-refractivity contribution >= 4 is 17.6 Å². The zero-order valence-electron chi connectivity index (χ0n) is 8.01. The molecule has 1 atom stereocenters. The Hall–Kier alpha value is -1.48. The molecule has 15 heavy (non-hydrogen) atoms. The minimum absolute atomic E-state index is 0.417. The van der Waals surface area contributed by atoms with E-state index in [-0.39, 0.29) is 0 Å². The number of carbonyl (C=O) groups excluding carboxylic acids is 1. The van der Waals surface area contributed by atoms with E-state index in [1.165, 1.54) is 22.5 Å². The van der Waals surface area contributed by atoms with Crippen LogP contribution in [-0.4, -0.2) is 11.3 Å². The fourth-order valence-corrected chi connectivity index (χ4v) is 2.85. The second-order valence-corrected chi connectivity index (χ2v) is 4.77. The summed E-state index contributed by atoms with van der Waals surface area (Å²) in [5.41, 5.74) is 2.77. The lowest BCUT2D eigenvalue weighted by atomic mass is 9.78. The SMILES string of the molecule is O=Cc1cnc(C2Cc3ccccc32)s1. The third-order valence-electron chi connectivity index (χ3n) is 2.81. The quantitative estimate of drug-likeness (QED) is 0.721. The number of nitrogens with zero attached hydrogens (tertiary/aromatic N) is 1. The number of fused-ring (bicyclic) bond motifs is 1. The molecule has 1 unspecified atom stereocenters. The zero-order valence-corrected chi connectivity index (χ0v) is 8.83. The molecule has 0 spiro atoms. The first kappa shape index (κ1) is 8.80. The molecule has 0 amide bonds. The van der Waals surface area contributed by atoms with Crippen LogP contribution < -0.4 is 0 Å². The molecule has 1 aromatic heterocycles. The Morgan fingerprint density at radius 3 is 3.00 bits per heavy atom. The molecule has 2 nitrogen and oxygen atoms in total. The number of hydrogen-bond acceptors (Lipinski definition) is 3. The molecule has 0 N–H and O–H groups in total. The first-order chi connectivity index (χ1) is 7.38. The van der Waals surface area contributed by atoms with Crippen molar-refractivity contribution in [3.8, 4) is 0 Å². The summed E-state index contributed by atoms with van der Waals surface area (Å²) in [6.45, 7) is 0. The lowest BCUT2D eigenvalue weighted by Gasteiger charge is -2.28. The largest absolute Gasteiger partial charge is 0.297 e. The summed E-state index contributed by atoms with van der Waals surface area (Å²) in [5.74, 6) is 0.417. The molecular formula is C12H9NOS. The molecule has 1 aliphatic carbocycles. The number of aldehydes is 1. The number of rotatable bonds is 2. The van der Waals surface area contributed by atoms with Gasteiger partial charge in [-0.25, -0.2) is 4.98 Å². The van der Waals surface area contributed by atoms with Gasteiger partial charge in [-0.05, 0) is 17.5 Å². The smallest absolute Gasteiger partial charge is 0.161 e. The lowest BCUT2D eigenvalue weighted by Crippen LogP contribution is -2.17. The van der Waals surface area contributed by atoms with E-state index in [1.54, 1.807) is 6.20 Å². The van der Waals surface area contributed by atoms with Crippen LogP contribution in [0.25, 0.3) is 0 Å². The summed E-state index contributed by atoms with van der Waals surface area (Å²) in [6, 6.07) is 8.42. The van der Waals surface area contributed by atoms with Crippen LogP contribution >= 0.6 is 11.3 Å². The highest BCUT2D eigenvalue weighted by Gasteiger charge is 2.29. The average molecular weight is 215 g/mol. The summed E-state index contributed by atoms with van der Waals surface area (Å²) in [5, 5.41) is 1.07. The van der Waals surface area contributed by atoms with Crippen LogP contribution in [0, 0.1) is 0 Å². The number of benzene rings is 1. The van der Waals surface area contributed by atoms with Crippen molar-refractivity contribution in [2.24, 2.45) is 0 Å². The zero-order chi connectivity index (χ0) is 10.3. The summed E-state index contributed by atoms with van der Waals surface area (Å²) in [4.78, 5) is 15.6. The van der Waals surface area contributed by atoms with Gasteiger partial charge >= 0.3 is 0 Å². The van der Waals surface area contributed by atoms with Gasteiger partial charge in [0.1, 0.15) is 5.01 Å². The van der Waals surface area contributed by atoms with E-state index in [1.807, 2.05) is 0 Å². The topological polar surface area (TPSA) is 30.0 Å². The lowest BCUT2D eigenvalue weighted by molar-refractivity contribution is 0.112. The van der Waals surface area contributed by atoms with Crippen LogP contribution in [0.2, 0.25) is 0 Å². The van der Waals surface area contributed by atoms with Gasteiger partial charge in [-0.15, -0.1) is 11.3 Å². The van der Waals surface area contributed by atoms with E-state index < -0.39 is 0 Å². The van der Waals surface area contributed by atoms with Gasteiger partial charge in [-0.1, -0.05) is 24.3 Å². The third kappa shape index (κ3) is 1.31. The predicted octanol–water partition coefficient (Wildman–Crippen LogP) is 2.64. The van der Waals surface area contributed by atoms with E-state index >= 15 is 0 Å². The van der Waals surface area contributed by atoms with E-state index in [9.17, 15) is 4.79 Å². The van der Waals surface area contributed by atoms with Gasteiger partial charge in [0.2, 0.25) is 0 Å². The molecule has 0 bridgehead atoms. The fourth-order valence-electron chi connectivity index (χ4n) is 2.00. The minimum Gasteiger partial charge on any atom is -0.297 e. The maximum absolute atomic E-state index is 10.6. The molecule has 1 heterocycles. The molecule has 0 radical (unpaired) electrons. The van der Waals surface area contributed by atoms with Crippen LogP contribution in [0.3, 0.4) is 0 Å². The van der Waals surface area contributed by atoms with Gasteiger partial charge in [0.15, 0.2) is 6.29 Å². The van der Waals surface area contributed by atoms with E-state index in [2.05, 4.69) is 29.2 Å². The Morgan fingerprint density at radius 1 is 1.40 bits per heavy atom. The molecule has 3 heteroatoms. The second-order valence-electron chi connectivity index (χ2n) is 3.67. The molecule has 1 aliphatic rings. The van der Waals surface area contributed by atoms with Crippen LogP contribution in [0.5, 0.6) is 0 Å². The number of thiazole rings is 1. The molecule has 0 saturated carbocycles.